The van der Waals surface area contributed by atoms with Crippen LogP contribution in [0.1, 0.15) is 62.6 Å². The van der Waals surface area contributed by atoms with E-state index in [1.54, 1.807) is 6.92 Å². The minimum Gasteiger partial charge on any atom is -0.387 e. The molecule has 0 radical (unpaired) electrons. The minimum absolute atomic E-state index is 0.127. The van der Waals surface area contributed by atoms with Crippen LogP contribution in [0.25, 0.3) is 0 Å². The Morgan fingerprint density at radius 1 is 1.35 bits per heavy atom. The van der Waals surface area contributed by atoms with Crippen molar-refractivity contribution in [3.05, 3.63) is 29.1 Å². The third kappa shape index (κ3) is 4.18. The number of ketones is 1. The lowest BCUT2D eigenvalue weighted by atomic mass is 9.72. The third-order valence-corrected chi connectivity index (χ3v) is 5.34. The van der Waals surface area contributed by atoms with Crippen LogP contribution in [0.15, 0.2) is 12.1 Å². The van der Waals surface area contributed by atoms with Gasteiger partial charge in [-0.15, -0.1) is 0 Å². The number of β-amino-alcohol motifs (C(OH)–C–C–N with tert-alkyl or cyclic N) is 1. The number of piperidine rings is 1. The highest BCUT2D eigenvalue weighted by atomic mass is 16.3. The van der Waals surface area contributed by atoms with Crippen molar-refractivity contribution in [2.45, 2.75) is 59.5 Å². The topological polar surface area (TPSA) is 53.4 Å². The summed E-state index contributed by atoms with van der Waals surface area (Å²) in [5, 5.41) is 10.5. The molecular formula is C19H30N2O2. The largest absolute Gasteiger partial charge is 0.387 e. The molecule has 1 aromatic rings. The molecule has 1 saturated heterocycles. The Balaban J connectivity index is 1.97. The summed E-state index contributed by atoms with van der Waals surface area (Å²) in [5.74, 6) is 0.332. The highest BCUT2D eigenvalue weighted by molar-refractivity contribution is 5.82. The molecule has 0 aliphatic carbocycles. The van der Waals surface area contributed by atoms with Gasteiger partial charge in [0.25, 0.3) is 0 Å². The second-order valence-corrected chi connectivity index (χ2v) is 7.03. The molecule has 1 N–H and O–H groups in total. The summed E-state index contributed by atoms with van der Waals surface area (Å²) in [6.07, 6.45) is 3.34. The first-order chi connectivity index (χ1) is 10.9. The second kappa shape index (κ2) is 7.54. The first kappa shape index (κ1) is 18.1. The van der Waals surface area contributed by atoms with Crippen molar-refractivity contribution in [3.8, 4) is 0 Å². The molecule has 1 aliphatic rings. The number of rotatable bonds is 6. The van der Waals surface area contributed by atoms with Crippen LogP contribution in [0.4, 0.5) is 0 Å². The number of pyridine rings is 1. The van der Waals surface area contributed by atoms with Gasteiger partial charge in [0.05, 0.1) is 6.10 Å². The Hall–Kier alpha value is -1.26. The maximum absolute atomic E-state index is 12.1. The average molecular weight is 318 g/mol. The molecule has 0 bridgehead atoms. The molecular weight excluding hydrogens is 288 g/mol. The van der Waals surface area contributed by atoms with E-state index in [-0.39, 0.29) is 5.41 Å². The Labute approximate surface area is 139 Å². The number of carbonyl (C=O) groups excluding carboxylic acids is 1. The molecule has 2 rings (SSSR count). The number of aromatic nitrogens is 1. The number of Topliss-reactive ketones (excluding diaryl/α,β-unsaturated/α-hetero) is 1. The van der Waals surface area contributed by atoms with E-state index in [9.17, 15) is 9.90 Å². The molecule has 1 atom stereocenters. The Kier molecular flexibility index (Phi) is 5.93. The van der Waals surface area contributed by atoms with Gasteiger partial charge in [-0.05, 0) is 59.2 Å². The summed E-state index contributed by atoms with van der Waals surface area (Å²) < 4.78 is 0. The molecule has 1 aromatic heterocycles. The van der Waals surface area contributed by atoms with Crippen molar-refractivity contribution in [1.82, 2.24) is 9.88 Å². The van der Waals surface area contributed by atoms with E-state index in [4.69, 9.17) is 0 Å². The molecule has 128 valence electrons. The highest BCUT2D eigenvalue weighted by Crippen LogP contribution is 2.37. The average Bonchev–Trinajstić information content (AvgIpc) is 2.49. The molecule has 0 spiro atoms. The van der Waals surface area contributed by atoms with Crippen molar-refractivity contribution in [2.24, 2.45) is 5.41 Å². The minimum atomic E-state index is -0.515. The summed E-state index contributed by atoms with van der Waals surface area (Å²) in [7, 11) is 0. The van der Waals surface area contributed by atoms with Gasteiger partial charge < -0.3 is 10.0 Å². The lowest BCUT2D eigenvalue weighted by Gasteiger charge is -2.40. The number of carbonyl (C=O) groups is 1. The fourth-order valence-corrected chi connectivity index (χ4v) is 3.81. The molecule has 1 fully saturated rings. The Morgan fingerprint density at radius 3 is 2.52 bits per heavy atom. The fourth-order valence-electron chi connectivity index (χ4n) is 3.81. The van der Waals surface area contributed by atoms with Gasteiger partial charge in [-0.2, -0.15) is 0 Å². The summed E-state index contributed by atoms with van der Waals surface area (Å²) >= 11 is 0. The third-order valence-electron chi connectivity index (χ3n) is 5.34. The first-order valence-corrected chi connectivity index (χ1v) is 8.73. The predicted molar refractivity (Wildman–Crippen MR) is 92.4 cm³/mol. The zero-order valence-corrected chi connectivity index (χ0v) is 14.9. The van der Waals surface area contributed by atoms with Crippen LogP contribution in [0.2, 0.25) is 0 Å². The fraction of sp³-hybridized carbons (Fsp3) is 0.684. The Morgan fingerprint density at radius 2 is 2.00 bits per heavy atom. The van der Waals surface area contributed by atoms with E-state index in [2.05, 4.69) is 16.8 Å². The van der Waals surface area contributed by atoms with Crippen molar-refractivity contribution in [2.75, 3.05) is 19.6 Å². The van der Waals surface area contributed by atoms with E-state index in [1.807, 2.05) is 26.0 Å². The number of aryl methyl sites for hydroxylation is 2. The van der Waals surface area contributed by atoms with E-state index in [0.29, 0.717) is 12.3 Å². The molecule has 0 amide bonds. The number of aliphatic hydroxyl groups excluding tert-OH is 1. The van der Waals surface area contributed by atoms with Gasteiger partial charge in [-0.3, -0.25) is 9.78 Å². The molecule has 4 heteroatoms. The summed E-state index contributed by atoms with van der Waals surface area (Å²) in [6, 6.07) is 3.92. The van der Waals surface area contributed by atoms with Gasteiger partial charge in [0.1, 0.15) is 5.78 Å². The quantitative estimate of drug-likeness (QED) is 0.875. The zero-order valence-electron chi connectivity index (χ0n) is 14.9. The predicted octanol–water partition coefficient (Wildman–Crippen LogP) is 3.20. The van der Waals surface area contributed by atoms with Crippen LogP contribution in [0.3, 0.4) is 0 Å². The van der Waals surface area contributed by atoms with Crippen LogP contribution in [0.5, 0.6) is 0 Å². The van der Waals surface area contributed by atoms with E-state index in [0.717, 1.165) is 55.7 Å². The van der Waals surface area contributed by atoms with Crippen LogP contribution in [-0.2, 0) is 4.79 Å². The first-order valence-electron chi connectivity index (χ1n) is 8.73. The highest BCUT2D eigenvalue weighted by Gasteiger charge is 2.38. The van der Waals surface area contributed by atoms with E-state index >= 15 is 0 Å². The number of hydrogen-bond acceptors (Lipinski definition) is 4. The number of nitrogens with zero attached hydrogens (tertiary/aromatic N) is 2. The maximum atomic E-state index is 12.1. The lowest BCUT2D eigenvalue weighted by Crippen LogP contribution is -2.44. The van der Waals surface area contributed by atoms with Gasteiger partial charge in [-0.25, -0.2) is 0 Å². The lowest BCUT2D eigenvalue weighted by molar-refractivity contribution is -0.130. The molecule has 0 unspecified atom stereocenters. The standard InChI is InChI=1S/C19H30N2O2/c1-5-8-19(16(4)22)9-11-21(12-10-19)13-18(23)17-7-6-14(2)20-15(17)3/h6-7,18,23H,5,8-13H2,1-4H3/t18-/m1/s1. The Bertz CT molecular complexity index is 548. The van der Waals surface area contributed by atoms with Crippen molar-refractivity contribution in [3.63, 3.8) is 0 Å². The summed E-state index contributed by atoms with van der Waals surface area (Å²) in [5.41, 5.74) is 2.66. The second-order valence-electron chi connectivity index (χ2n) is 7.03. The van der Waals surface area contributed by atoms with Gasteiger partial charge in [0.15, 0.2) is 0 Å². The molecule has 2 heterocycles. The van der Waals surface area contributed by atoms with Gasteiger partial charge in [-0.1, -0.05) is 19.4 Å². The van der Waals surface area contributed by atoms with Gasteiger partial charge >= 0.3 is 0 Å². The van der Waals surface area contributed by atoms with Crippen molar-refractivity contribution in [1.29, 1.82) is 0 Å². The molecule has 4 nitrogen and oxygen atoms in total. The normalized spacial score (nSPS) is 19.5. The van der Waals surface area contributed by atoms with Crippen LogP contribution < -0.4 is 0 Å². The van der Waals surface area contributed by atoms with Gasteiger partial charge in [0, 0.05) is 28.9 Å². The monoisotopic (exact) mass is 318 g/mol. The molecule has 0 saturated carbocycles. The number of aliphatic hydroxyl groups is 1. The van der Waals surface area contributed by atoms with Crippen LogP contribution in [-0.4, -0.2) is 40.4 Å². The molecule has 1 aliphatic heterocycles. The molecule has 0 aromatic carbocycles. The maximum Gasteiger partial charge on any atom is 0.136 e. The van der Waals surface area contributed by atoms with Crippen LogP contribution >= 0.6 is 0 Å². The smallest absolute Gasteiger partial charge is 0.136 e. The van der Waals surface area contributed by atoms with E-state index < -0.39 is 6.10 Å². The van der Waals surface area contributed by atoms with Crippen molar-refractivity contribution >= 4 is 5.78 Å². The summed E-state index contributed by atoms with van der Waals surface area (Å²) in [4.78, 5) is 18.8. The number of hydrogen-bond donors (Lipinski definition) is 1. The SMILES string of the molecule is CCCC1(C(C)=O)CCN(C[C@@H](O)c2ccc(C)nc2C)CC1. The van der Waals surface area contributed by atoms with Crippen molar-refractivity contribution < 1.29 is 9.90 Å². The van der Waals surface area contributed by atoms with Crippen LogP contribution in [0, 0.1) is 19.3 Å². The van der Waals surface area contributed by atoms with Gasteiger partial charge in [0.2, 0.25) is 0 Å². The van der Waals surface area contributed by atoms with E-state index in [1.165, 1.54) is 0 Å². The number of likely N-dealkylation sites (tertiary alicyclic amines) is 1. The molecule has 23 heavy (non-hydrogen) atoms. The summed E-state index contributed by atoms with van der Waals surface area (Å²) in [6.45, 7) is 10.2. The zero-order chi connectivity index (χ0) is 17.0.